The quantitative estimate of drug-likeness (QED) is 0.299. The number of hydrogen-bond donors (Lipinski definition) is 1. The molecule has 0 aliphatic heterocycles. The topological polar surface area (TPSA) is 76.5 Å². The Labute approximate surface area is 212 Å². The predicted molar refractivity (Wildman–Crippen MR) is 142 cm³/mol. The van der Waals surface area contributed by atoms with E-state index in [0.29, 0.717) is 53.6 Å². The van der Waals surface area contributed by atoms with Gasteiger partial charge in [0.1, 0.15) is 5.82 Å². The number of para-hydroxylation sites is 1. The highest BCUT2D eigenvalue weighted by Crippen LogP contribution is 2.26. The molecule has 1 aromatic heterocycles. The van der Waals surface area contributed by atoms with Gasteiger partial charge < -0.3 is 15.0 Å². The smallest absolute Gasteiger partial charge is 0.322 e. The van der Waals surface area contributed by atoms with Gasteiger partial charge in [-0.25, -0.2) is 9.78 Å². The molecule has 0 saturated heterocycles. The van der Waals surface area contributed by atoms with Gasteiger partial charge in [-0.05, 0) is 49.2 Å². The summed E-state index contributed by atoms with van der Waals surface area (Å²) >= 11 is 6.01. The minimum absolute atomic E-state index is 0.120. The zero-order valence-corrected chi connectivity index (χ0v) is 21.6. The molecule has 1 heterocycles. The van der Waals surface area contributed by atoms with Gasteiger partial charge in [0.05, 0.1) is 30.1 Å². The average molecular weight is 499 g/mol. The Kier molecular flexibility index (Phi) is 10.1. The van der Waals surface area contributed by atoms with Gasteiger partial charge in [0, 0.05) is 24.4 Å². The van der Waals surface area contributed by atoms with E-state index >= 15 is 0 Å². The Morgan fingerprint density at radius 3 is 2.54 bits per heavy atom. The number of halogens is 1. The third-order valence-corrected chi connectivity index (χ3v) is 6.33. The molecule has 2 aromatic carbocycles. The van der Waals surface area contributed by atoms with Crippen LogP contribution < -0.4 is 10.9 Å². The lowest BCUT2D eigenvalue weighted by atomic mass is 10.1. The van der Waals surface area contributed by atoms with E-state index in [4.69, 9.17) is 21.3 Å². The molecule has 3 rings (SSSR count). The van der Waals surface area contributed by atoms with Crippen LogP contribution in [0.4, 0.5) is 10.5 Å². The van der Waals surface area contributed by atoms with E-state index in [1.54, 1.807) is 42.0 Å². The normalized spacial score (nSPS) is 12.0. The monoisotopic (exact) mass is 498 g/mol. The molecule has 0 bridgehead atoms. The zero-order chi connectivity index (χ0) is 25.2. The number of amides is 2. The third-order valence-electron chi connectivity index (χ3n) is 6.08. The van der Waals surface area contributed by atoms with Gasteiger partial charge in [-0.3, -0.25) is 9.36 Å². The molecule has 8 heteroatoms. The first-order chi connectivity index (χ1) is 17.0. The summed E-state index contributed by atoms with van der Waals surface area (Å²) in [4.78, 5) is 33.7. The number of nitrogens with zero attached hydrogens (tertiary/aromatic N) is 3. The van der Waals surface area contributed by atoms with Crippen LogP contribution in [0.1, 0.15) is 57.8 Å². The maximum Gasteiger partial charge on any atom is 0.322 e. The fourth-order valence-electron chi connectivity index (χ4n) is 4.22. The van der Waals surface area contributed by atoms with Gasteiger partial charge in [0.15, 0.2) is 0 Å². The standard InChI is InChI=1S/C27H35ClN4O3/c1-4-6-7-10-17-31(27(34)29-21-15-13-20(28)14-16-21)24(5-2)25-30-23-12-9-8-11-22(23)26(33)32(25)18-19-35-3/h8-9,11-16,24H,4-7,10,17-19H2,1-3H3,(H,29,34). The lowest BCUT2D eigenvalue weighted by Gasteiger charge is -2.32. The van der Waals surface area contributed by atoms with Crippen molar-refractivity contribution in [3.8, 4) is 0 Å². The van der Waals surface area contributed by atoms with Crippen LogP contribution in [0.25, 0.3) is 10.9 Å². The van der Waals surface area contributed by atoms with Gasteiger partial charge in [-0.1, -0.05) is 56.8 Å². The van der Waals surface area contributed by atoms with Crippen molar-refractivity contribution in [3.63, 3.8) is 0 Å². The number of nitrogens with one attached hydrogen (secondary N) is 1. The minimum atomic E-state index is -0.377. The summed E-state index contributed by atoms with van der Waals surface area (Å²) in [7, 11) is 1.61. The number of carbonyl (C=O) groups excluding carboxylic acids is 1. The summed E-state index contributed by atoms with van der Waals surface area (Å²) < 4.78 is 6.94. The van der Waals surface area contributed by atoms with E-state index < -0.39 is 0 Å². The second-order valence-corrected chi connectivity index (χ2v) is 8.99. The first-order valence-electron chi connectivity index (χ1n) is 12.3. The number of hydrogen-bond acceptors (Lipinski definition) is 4. The van der Waals surface area contributed by atoms with Crippen LogP contribution in [0.15, 0.2) is 53.3 Å². The fraction of sp³-hybridized carbons (Fsp3) is 0.444. The summed E-state index contributed by atoms with van der Waals surface area (Å²) in [5.74, 6) is 0.579. The summed E-state index contributed by atoms with van der Waals surface area (Å²) in [6, 6.07) is 13.8. The van der Waals surface area contributed by atoms with Crippen LogP contribution in [0.3, 0.4) is 0 Å². The Bertz CT molecular complexity index is 1160. The molecule has 0 radical (unpaired) electrons. The molecule has 2 amide bonds. The first-order valence-corrected chi connectivity index (χ1v) is 12.7. The van der Waals surface area contributed by atoms with E-state index in [1.165, 1.54) is 0 Å². The highest BCUT2D eigenvalue weighted by atomic mass is 35.5. The second-order valence-electron chi connectivity index (χ2n) is 8.55. The number of benzene rings is 2. The fourth-order valence-corrected chi connectivity index (χ4v) is 4.34. The number of anilines is 1. The van der Waals surface area contributed by atoms with Crippen molar-refractivity contribution in [1.29, 1.82) is 0 Å². The molecule has 35 heavy (non-hydrogen) atoms. The molecule has 0 saturated carbocycles. The molecule has 1 unspecified atom stereocenters. The van der Waals surface area contributed by atoms with Gasteiger partial charge in [0.25, 0.3) is 5.56 Å². The number of unbranched alkanes of at least 4 members (excludes halogenated alkanes) is 3. The Morgan fingerprint density at radius 2 is 1.86 bits per heavy atom. The number of urea groups is 1. The van der Waals surface area contributed by atoms with Gasteiger partial charge in [-0.2, -0.15) is 0 Å². The lowest BCUT2D eigenvalue weighted by Crippen LogP contribution is -2.42. The molecular weight excluding hydrogens is 464 g/mol. The highest BCUT2D eigenvalue weighted by Gasteiger charge is 2.28. The van der Waals surface area contributed by atoms with Gasteiger partial charge in [0.2, 0.25) is 0 Å². The van der Waals surface area contributed by atoms with E-state index in [0.717, 1.165) is 25.7 Å². The molecule has 7 nitrogen and oxygen atoms in total. The van der Waals surface area contributed by atoms with Crippen LogP contribution in [-0.2, 0) is 11.3 Å². The molecule has 1 atom stereocenters. The van der Waals surface area contributed by atoms with E-state index in [2.05, 4.69) is 12.2 Å². The highest BCUT2D eigenvalue weighted by molar-refractivity contribution is 6.30. The van der Waals surface area contributed by atoms with Crippen LogP contribution in [0.2, 0.25) is 5.02 Å². The minimum Gasteiger partial charge on any atom is -0.383 e. The van der Waals surface area contributed by atoms with E-state index in [-0.39, 0.29) is 17.6 Å². The van der Waals surface area contributed by atoms with Crippen molar-refractivity contribution >= 4 is 34.2 Å². The molecule has 0 aliphatic rings. The SMILES string of the molecule is CCCCCCN(C(=O)Nc1ccc(Cl)cc1)C(CC)c1nc2ccccc2c(=O)n1CCOC. The summed E-state index contributed by atoms with van der Waals surface area (Å²) in [6.45, 7) is 5.47. The number of methoxy groups -OCH3 is 1. The second kappa shape index (κ2) is 13.3. The summed E-state index contributed by atoms with van der Waals surface area (Å²) in [5.41, 5.74) is 1.17. The van der Waals surface area contributed by atoms with Crippen molar-refractivity contribution < 1.29 is 9.53 Å². The van der Waals surface area contributed by atoms with Crippen molar-refractivity contribution in [2.45, 2.75) is 58.5 Å². The van der Waals surface area contributed by atoms with Crippen LogP contribution in [0.5, 0.6) is 0 Å². The molecule has 0 spiro atoms. The molecule has 0 fully saturated rings. The number of fused-ring (bicyclic) bond motifs is 1. The molecule has 188 valence electrons. The van der Waals surface area contributed by atoms with Gasteiger partial charge >= 0.3 is 6.03 Å². The number of rotatable bonds is 12. The van der Waals surface area contributed by atoms with Crippen LogP contribution in [0, 0.1) is 0 Å². The lowest BCUT2D eigenvalue weighted by molar-refractivity contribution is 0.168. The van der Waals surface area contributed by atoms with Gasteiger partial charge in [-0.15, -0.1) is 0 Å². The molecule has 0 aliphatic carbocycles. The number of ether oxygens (including phenoxy) is 1. The van der Waals surface area contributed by atoms with Crippen molar-refractivity contribution in [1.82, 2.24) is 14.5 Å². The van der Waals surface area contributed by atoms with Crippen LogP contribution >= 0.6 is 11.6 Å². The summed E-state index contributed by atoms with van der Waals surface area (Å²) in [5, 5.41) is 4.16. The molecule has 1 N–H and O–H groups in total. The molecule has 3 aromatic rings. The Balaban J connectivity index is 2.03. The number of aromatic nitrogens is 2. The first kappa shape index (κ1) is 26.7. The Morgan fingerprint density at radius 1 is 1.11 bits per heavy atom. The largest absolute Gasteiger partial charge is 0.383 e. The van der Waals surface area contributed by atoms with Crippen molar-refractivity contribution in [2.24, 2.45) is 0 Å². The summed E-state index contributed by atoms with van der Waals surface area (Å²) in [6.07, 6.45) is 4.72. The maximum absolute atomic E-state index is 13.6. The van der Waals surface area contributed by atoms with Crippen molar-refractivity contribution in [2.75, 3.05) is 25.6 Å². The predicted octanol–water partition coefficient (Wildman–Crippen LogP) is 6.26. The van der Waals surface area contributed by atoms with Crippen molar-refractivity contribution in [3.05, 3.63) is 69.7 Å². The van der Waals surface area contributed by atoms with E-state index in [1.807, 2.05) is 30.0 Å². The average Bonchev–Trinajstić information content (AvgIpc) is 2.87. The van der Waals surface area contributed by atoms with E-state index in [9.17, 15) is 9.59 Å². The number of carbonyl (C=O) groups is 1. The maximum atomic E-state index is 13.6. The third kappa shape index (κ3) is 6.83. The van der Waals surface area contributed by atoms with Crippen LogP contribution in [-0.4, -0.2) is 40.7 Å². The zero-order valence-electron chi connectivity index (χ0n) is 20.8. The molecular formula is C27H35ClN4O3. The Hall–Kier alpha value is -2.90.